The van der Waals surface area contributed by atoms with Crippen LogP contribution in [0.4, 0.5) is 0 Å². The molecule has 0 fully saturated rings. The zero-order chi connectivity index (χ0) is 22.1. The van der Waals surface area contributed by atoms with Crippen molar-refractivity contribution in [2.45, 2.75) is 39.0 Å². The van der Waals surface area contributed by atoms with E-state index in [1.165, 1.54) is 5.56 Å². The smallest absolute Gasteiger partial charge is 0.277 e. The van der Waals surface area contributed by atoms with E-state index in [2.05, 4.69) is 55.6 Å². The van der Waals surface area contributed by atoms with Crippen LogP contribution in [0.2, 0.25) is 0 Å². The Hall–Kier alpha value is -3.40. The van der Waals surface area contributed by atoms with Crippen LogP contribution in [0, 0.1) is 0 Å². The molecule has 31 heavy (non-hydrogen) atoms. The molecule has 3 aromatic carbocycles. The summed E-state index contributed by atoms with van der Waals surface area (Å²) in [7, 11) is 0. The summed E-state index contributed by atoms with van der Waals surface area (Å²) in [5, 5.41) is 4.41. The van der Waals surface area contributed by atoms with Gasteiger partial charge in [-0.2, -0.15) is 5.10 Å². The van der Waals surface area contributed by atoms with Crippen LogP contribution in [-0.4, -0.2) is 18.2 Å². The van der Waals surface area contributed by atoms with E-state index in [9.17, 15) is 4.79 Å². The summed E-state index contributed by atoms with van der Waals surface area (Å²) in [6, 6.07) is 28.1. The first kappa shape index (κ1) is 22.3. The summed E-state index contributed by atoms with van der Waals surface area (Å²) in [5.41, 5.74) is 7.16. The molecule has 160 valence electrons. The molecule has 0 atom stereocenters. The molecule has 0 unspecified atom stereocenters. The van der Waals surface area contributed by atoms with Crippen LogP contribution < -0.4 is 10.2 Å². The van der Waals surface area contributed by atoms with E-state index in [1.54, 1.807) is 0 Å². The number of hydrogen-bond acceptors (Lipinski definition) is 3. The van der Waals surface area contributed by atoms with E-state index >= 15 is 0 Å². The summed E-state index contributed by atoms with van der Waals surface area (Å²) >= 11 is 0. The molecule has 0 aromatic heterocycles. The molecule has 0 spiro atoms. The number of carbonyl (C=O) groups excluding carboxylic acids is 1. The largest absolute Gasteiger partial charge is 0.484 e. The van der Waals surface area contributed by atoms with E-state index in [1.807, 2.05) is 60.7 Å². The third kappa shape index (κ3) is 7.41. The summed E-state index contributed by atoms with van der Waals surface area (Å²) < 4.78 is 5.62. The van der Waals surface area contributed by atoms with Crippen LogP contribution in [0.25, 0.3) is 0 Å². The molecule has 0 heterocycles. The Bertz CT molecular complexity index is 945. The van der Waals surface area contributed by atoms with Gasteiger partial charge in [-0.1, -0.05) is 93.6 Å². The highest BCUT2D eigenvalue weighted by atomic mass is 16.5. The molecule has 1 amide bonds. The molecule has 0 aliphatic heterocycles. The van der Waals surface area contributed by atoms with Gasteiger partial charge in [0.25, 0.3) is 5.91 Å². The van der Waals surface area contributed by atoms with Crippen LogP contribution in [0.1, 0.15) is 37.5 Å². The van der Waals surface area contributed by atoms with E-state index in [0.717, 1.165) is 16.8 Å². The van der Waals surface area contributed by atoms with Gasteiger partial charge in [-0.05, 0) is 34.2 Å². The number of benzene rings is 3. The molecule has 0 bridgehead atoms. The molecule has 0 saturated carbocycles. The van der Waals surface area contributed by atoms with Crippen LogP contribution in [-0.2, 0) is 23.1 Å². The van der Waals surface area contributed by atoms with Crippen molar-refractivity contribution in [3.8, 4) is 5.75 Å². The molecule has 4 nitrogen and oxygen atoms in total. The Labute approximate surface area is 185 Å². The molecule has 3 aromatic rings. The molecule has 0 aliphatic rings. The number of carbonyl (C=O) groups is 1. The average Bonchev–Trinajstić information content (AvgIpc) is 2.77. The molecule has 3 rings (SSSR count). The predicted molar refractivity (Wildman–Crippen MR) is 127 cm³/mol. The van der Waals surface area contributed by atoms with E-state index < -0.39 is 0 Å². The van der Waals surface area contributed by atoms with Crippen molar-refractivity contribution >= 4 is 11.6 Å². The zero-order valence-corrected chi connectivity index (χ0v) is 18.5. The summed E-state index contributed by atoms with van der Waals surface area (Å²) in [6.07, 6.45) is 1.34. The van der Waals surface area contributed by atoms with Gasteiger partial charge >= 0.3 is 0 Å². The highest BCUT2D eigenvalue weighted by Gasteiger charge is 2.13. The number of ether oxygens (including phenoxy) is 1. The molecule has 4 heteroatoms. The fourth-order valence-corrected chi connectivity index (χ4v) is 3.18. The second-order valence-corrected chi connectivity index (χ2v) is 8.60. The van der Waals surface area contributed by atoms with Gasteiger partial charge in [0.2, 0.25) is 0 Å². The number of amides is 1. The van der Waals surface area contributed by atoms with Gasteiger partial charge in [-0.3, -0.25) is 4.79 Å². The molecular weight excluding hydrogens is 384 g/mol. The van der Waals surface area contributed by atoms with E-state index in [0.29, 0.717) is 18.6 Å². The maximum Gasteiger partial charge on any atom is 0.277 e. The molecule has 1 N–H and O–H groups in total. The Kier molecular flexibility index (Phi) is 7.60. The first-order chi connectivity index (χ1) is 14.9. The van der Waals surface area contributed by atoms with Crippen molar-refractivity contribution in [1.29, 1.82) is 0 Å². The van der Waals surface area contributed by atoms with Gasteiger partial charge in [0.15, 0.2) is 6.61 Å². The second kappa shape index (κ2) is 10.6. The second-order valence-electron chi connectivity index (χ2n) is 8.60. The van der Waals surface area contributed by atoms with E-state index in [-0.39, 0.29) is 17.9 Å². The van der Waals surface area contributed by atoms with Crippen molar-refractivity contribution in [1.82, 2.24) is 5.43 Å². The number of rotatable bonds is 8. The topological polar surface area (TPSA) is 50.7 Å². The standard InChI is InChI=1S/C27H30N2O2/c1-27(2,3)23-14-16-25(17-15-23)31-20-26(30)29-28-24(18-21-10-6-4-7-11-21)19-22-12-8-5-9-13-22/h4-17H,18-20H2,1-3H3,(H,29,30). The van der Waals surface area contributed by atoms with Crippen LogP contribution >= 0.6 is 0 Å². The number of nitrogens with zero attached hydrogens (tertiary/aromatic N) is 1. The van der Waals surface area contributed by atoms with Crippen LogP contribution in [0.15, 0.2) is 90.0 Å². The predicted octanol–water partition coefficient (Wildman–Crippen LogP) is 5.32. The third-order valence-corrected chi connectivity index (χ3v) is 4.93. The fraction of sp³-hybridized carbons (Fsp3) is 0.259. The van der Waals surface area contributed by atoms with Crippen molar-refractivity contribution in [2.24, 2.45) is 5.10 Å². The van der Waals surface area contributed by atoms with Gasteiger partial charge in [-0.15, -0.1) is 0 Å². The number of nitrogens with one attached hydrogen (secondary N) is 1. The minimum Gasteiger partial charge on any atom is -0.484 e. The number of hydrogen-bond donors (Lipinski definition) is 1. The Morgan fingerprint density at radius 2 is 1.32 bits per heavy atom. The van der Waals surface area contributed by atoms with Gasteiger partial charge in [-0.25, -0.2) is 5.43 Å². The van der Waals surface area contributed by atoms with Crippen molar-refractivity contribution in [3.05, 3.63) is 102 Å². The molecule has 0 aliphatic carbocycles. The third-order valence-electron chi connectivity index (χ3n) is 4.93. The lowest BCUT2D eigenvalue weighted by molar-refractivity contribution is -0.123. The van der Waals surface area contributed by atoms with Gasteiger partial charge in [0.1, 0.15) is 5.75 Å². The van der Waals surface area contributed by atoms with Crippen LogP contribution in [0.3, 0.4) is 0 Å². The van der Waals surface area contributed by atoms with Crippen LogP contribution in [0.5, 0.6) is 5.75 Å². The zero-order valence-electron chi connectivity index (χ0n) is 18.5. The Morgan fingerprint density at radius 3 is 1.81 bits per heavy atom. The van der Waals surface area contributed by atoms with E-state index in [4.69, 9.17) is 4.74 Å². The highest BCUT2D eigenvalue weighted by molar-refractivity contribution is 5.90. The highest BCUT2D eigenvalue weighted by Crippen LogP contribution is 2.24. The Morgan fingerprint density at radius 1 is 0.806 bits per heavy atom. The Balaban J connectivity index is 1.60. The molecule has 0 radical (unpaired) electrons. The first-order valence-corrected chi connectivity index (χ1v) is 10.6. The summed E-state index contributed by atoms with van der Waals surface area (Å²) in [5.74, 6) is 0.388. The lowest BCUT2D eigenvalue weighted by Crippen LogP contribution is -2.26. The fourth-order valence-electron chi connectivity index (χ4n) is 3.18. The minimum atomic E-state index is -0.279. The van der Waals surface area contributed by atoms with Gasteiger partial charge < -0.3 is 4.74 Å². The maximum atomic E-state index is 12.3. The first-order valence-electron chi connectivity index (χ1n) is 10.6. The molecule has 0 saturated heterocycles. The average molecular weight is 415 g/mol. The lowest BCUT2D eigenvalue weighted by Gasteiger charge is -2.19. The lowest BCUT2D eigenvalue weighted by atomic mass is 9.87. The normalized spacial score (nSPS) is 10.9. The summed E-state index contributed by atoms with van der Waals surface area (Å²) in [6.45, 7) is 6.41. The van der Waals surface area contributed by atoms with Crippen molar-refractivity contribution in [3.63, 3.8) is 0 Å². The van der Waals surface area contributed by atoms with Gasteiger partial charge in [0, 0.05) is 18.6 Å². The maximum absolute atomic E-state index is 12.3. The SMILES string of the molecule is CC(C)(C)c1ccc(OCC(=O)NN=C(Cc2ccccc2)Cc2ccccc2)cc1. The quantitative estimate of drug-likeness (QED) is 0.401. The monoisotopic (exact) mass is 414 g/mol. The summed E-state index contributed by atoms with van der Waals surface area (Å²) in [4.78, 5) is 12.3. The van der Waals surface area contributed by atoms with Crippen molar-refractivity contribution < 1.29 is 9.53 Å². The van der Waals surface area contributed by atoms with Gasteiger partial charge in [0.05, 0.1) is 0 Å². The van der Waals surface area contributed by atoms with Crippen molar-refractivity contribution in [2.75, 3.05) is 6.61 Å². The number of hydrazone groups is 1. The minimum absolute atomic E-state index is 0.0810. The molecular formula is C27H30N2O2.